The zero-order valence-corrected chi connectivity index (χ0v) is 19.2. The third-order valence-corrected chi connectivity index (χ3v) is 5.67. The molecule has 3 N–H and O–H groups in total. The number of halogens is 1. The Labute approximate surface area is 200 Å². The smallest absolute Gasteiger partial charge is 0.229 e. The quantitative estimate of drug-likeness (QED) is 0.340. The number of amides is 1. The fourth-order valence-electron chi connectivity index (χ4n) is 3.37. The van der Waals surface area contributed by atoms with Crippen molar-refractivity contribution in [3.63, 3.8) is 0 Å². The van der Waals surface area contributed by atoms with Crippen LogP contribution in [0.3, 0.4) is 0 Å². The van der Waals surface area contributed by atoms with Crippen molar-refractivity contribution in [3.05, 3.63) is 112 Å². The molecule has 7 heteroatoms. The first-order valence-corrected chi connectivity index (χ1v) is 11.2. The summed E-state index contributed by atoms with van der Waals surface area (Å²) in [6.45, 7) is -0.0483. The van der Waals surface area contributed by atoms with Crippen LogP contribution in [0.1, 0.15) is 28.5 Å². The Morgan fingerprint density at radius 3 is 2.27 bits per heavy atom. The van der Waals surface area contributed by atoms with Gasteiger partial charge in [0, 0.05) is 10.0 Å². The van der Waals surface area contributed by atoms with Crippen molar-refractivity contribution in [1.29, 1.82) is 0 Å². The zero-order valence-electron chi connectivity index (χ0n) is 17.6. The van der Waals surface area contributed by atoms with Gasteiger partial charge in [0.15, 0.2) is 5.82 Å². The summed E-state index contributed by atoms with van der Waals surface area (Å²) in [7, 11) is 0. The van der Waals surface area contributed by atoms with Gasteiger partial charge < -0.3 is 15.5 Å². The largest absolute Gasteiger partial charge is 0.392 e. The minimum atomic E-state index is -1.07. The topological polar surface area (TPSA) is 95.3 Å². The van der Waals surface area contributed by atoms with Crippen molar-refractivity contribution >= 4 is 27.7 Å². The molecule has 0 radical (unpaired) electrons. The number of hydrogen-bond acceptors (Lipinski definition) is 5. The molecule has 1 amide bonds. The van der Waals surface area contributed by atoms with Gasteiger partial charge in [-0.05, 0) is 28.8 Å². The lowest BCUT2D eigenvalue weighted by molar-refractivity contribution is -0.115. The van der Waals surface area contributed by atoms with E-state index in [2.05, 4.69) is 31.2 Å². The summed E-state index contributed by atoms with van der Waals surface area (Å²) >= 11 is 3.39. The predicted octanol–water partition coefficient (Wildman–Crippen LogP) is 4.66. The van der Waals surface area contributed by atoms with E-state index in [1.54, 1.807) is 30.5 Å². The van der Waals surface area contributed by atoms with Gasteiger partial charge in [-0.2, -0.15) is 0 Å². The number of aliphatic hydroxyl groups excluding tert-OH is 2. The molecule has 0 bridgehead atoms. The number of carbonyl (C=O) groups excluding carboxylic acids is 1. The summed E-state index contributed by atoms with van der Waals surface area (Å²) < 4.78 is 0.938. The molecule has 0 fully saturated rings. The number of carbonyl (C=O) groups is 1. The molecular weight excluding hydrogens is 482 g/mol. The molecule has 0 spiro atoms. The molecule has 6 nitrogen and oxygen atoms in total. The molecule has 33 heavy (non-hydrogen) atoms. The summed E-state index contributed by atoms with van der Waals surface area (Å²) in [6, 6.07) is 23.9. The Bertz CT molecular complexity index is 1230. The van der Waals surface area contributed by atoms with Gasteiger partial charge in [-0.15, -0.1) is 0 Å². The van der Waals surface area contributed by atoms with Gasteiger partial charge in [0.05, 0.1) is 24.9 Å². The van der Waals surface area contributed by atoms with Crippen LogP contribution in [0.4, 0.5) is 5.82 Å². The minimum Gasteiger partial charge on any atom is -0.392 e. The lowest BCUT2D eigenvalue weighted by Gasteiger charge is -2.16. The summed E-state index contributed by atoms with van der Waals surface area (Å²) in [5.41, 5.74) is 3.88. The maximum absolute atomic E-state index is 12.7. The SMILES string of the molecule is O=C(Cc1ccc(Br)cc1)Nc1ncc(-c2ccc(CO)cc2)nc1C(O)c1ccccc1. The average Bonchev–Trinajstić information content (AvgIpc) is 2.86. The number of nitrogens with zero attached hydrogens (tertiary/aromatic N) is 2. The summed E-state index contributed by atoms with van der Waals surface area (Å²) in [4.78, 5) is 21.8. The Morgan fingerprint density at radius 2 is 1.61 bits per heavy atom. The minimum absolute atomic E-state index is 0.0483. The molecule has 1 aromatic heterocycles. The third kappa shape index (κ3) is 5.70. The Balaban J connectivity index is 1.65. The van der Waals surface area contributed by atoms with Crippen LogP contribution in [0, 0.1) is 0 Å². The highest BCUT2D eigenvalue weighted by Gasteiger charge is 2.20. The second kappa shape index (κ2) is 10.5. The molecule has 0 aliphatic carbocycles. The first-order valence-electron chi connectivity index (χ1n) is 10.4. The first kappa shape index (κ1) is 22.8. The molecule has 0 saturated carbocycles. The van der Waals surface area contributed by atoms with E-state index in [-0.39, 0.29) is 30.4 Å². The molecule has 1 atom stereocenters. The molecule has 0 aliphatic rings. The van der Waals surface area contributed by atoms with E-state index in [4.69, 9.17) is 0 Å². The van der Waals surface area contributed by atoms with Gasteiger partial charge in [0.25, 0.3) is 0 Å². The van der Waals surface area contributed by atoms with E-state index < -0.39 is 6.10 Å². The van der Waals surface area contributed by atoms with Crippen molar-refractivity contribution in [3.8, 4) is 11.3 Å². The van der Waals surface area contributed by atoms with Gasteiger partial charge in [-0.25, -0.2) is 9.97 Å². The number of anilines is 1. The first-order chi connectivity index (χ1) is 16.0. The van der Waals surface area contributed by atoms with Crippen LogP contribution in [0.5, 0.6) is 0 Å². The summed E-state index contributed by atoms with van der Waals surface area (Å²) in [6.07, 6.45) is 0.656. The lowest BCUT2D eigenvalue weighted by atomic mass is 10.0. The molecule has 0 aliphatic heterocycles. The number of aliphatic hydroxyl groups is 2. The van der Waals surface area contributed by atoms with Crippen molar-refractivity contribution in [1.82, 2.24) is 9.97 Å². The maximum Gasteiger partial charge on any atom is 0.229 e. The van der Waals surface area contributed by atoms with Gasteiger partial charge >= 0.3 is 0 Å². The second-order valence-electron chi connectivity index (χ2n) is 7.51. The van der Waals surface area contributed by atoms with E-state index in [1.807, 2.05) is 54.6 Å². The maximum atomic E-state index is 12.7. The summed E-state index contributed by atoms with van der Waals surface area (Å²) in [5, 5.41) is 23.1. The average molecular weight is 504 g/mol. The molecule has 1 unspecified atom stereocenters. The van der Waals surface area contributed by atoms with Gasteiger partial charge in [-0.3, -0.25) is 4.79 Å². The van der Waals surface area contributed by atoms with E-state index in [9.17, 15) is 15.0 Å². The van der Waals surface area contributed by atoms with Crippen molar-refractivity contribution in [2.24, 2.45) is 0 Å². The highest BCUT2D eigenvalue weighted by atomic mass is 79.9. The number of rotatable bonds is 7. The van der Waals surface area contributed by atoms with E-state index in [1.165, 1.54) is 0 Å². The molecule has 4 rings (SSSR count). The van der Waals surface area contributed by atoms with Gasteiger partial charge in [0.1, 0.15) is 11.8 Å². The van der Waals surface area contributed by atoms with E-state index >= 15 is 0 Å². The van der Waals surface area contributed by atoms with Crippen molar-refractivity contribution in [2.45, 2.75) is 19.1 Å². The van der Waals surface area contributed by atoms with Crippen LogP contribution in [0.2, 0.25) is 0 Å². The lowest BCUT2D eigenvalue weighted by Crippen LogP contribution is -2.19. The normalized spacial score (nSPS) is 11.7. The van der Waals surface area contributed by atoms with Crippen LogP contribution in [-0.4, -0.2) is 26.1 Å². The summed E-state index contributed by atoms with van der Waals surface area (Å²) in [5.74, 6) is -0.0441. The molecule has 3 aromatic carbocycles. The number of benzene rings is 3. The van der Waals surface area contributed by atoms with Crippen LogP contribution in [-0.2, 0) is 17.8 Å². The molecule has 0 saturated heterocycles. The fourth-order valence-corrected chi connectivity index (χ4v) is 3.63. The predicted molar refractivity (Wildman–Crippen MR) is 130 cm³/mol. The van der Waals surface area contributed by atoms with E-state index in [0.717, 1.165) is 21.2 Å². The highest BCUT2D eigenvalue weighted by Crippen LogP contribution is 2.28. The number of aromatic nitrogens is 2. The monoisotopic (exact) mass is 503 g/mol. The highest BCUT2D eigenvalue weighted by molar-refractivity contribution is 9.10. The van der Waals surface area contributed by atoms with Crippen molar-refractivity contribution < 1.29 is 15.0 Å². The standard InChI is InChI=1S/C26H22BrN3O3/c27-21-12-8-17(9-13-21)14-23(32)30-26-24(25(33)20-4-2-1-3-5-20)29-22(15-28-26)19-10-6-18(16-31)7-11-19/h1-13,15,25,31,33H,14,16H2,(H,28,30,32). The fraction of sp³-hybridized carbons (Fsp3) is 0.115. The van der Waals surface area contributed by atoms with Crippen LogP contribution in [0.15, 0.2) is 89.5 Å². The molecular formula is C26H22BrN3O3. The van der Waals surface area contributed by atoms with Crippen molar-refractivity contribution in [2.75, 3.05) is 5.32 Å². The number of nitrogens with one attached hydrogen (secondary N) is 1. The Morgan fingerprint density at radius 1 is 0.939 bits per heavy atom. The molecule has 166 valence electrons. The molecule has 4 aromatic rings. The van der Waals surface area contributed by atoms with Crippen LogP contribution in [0.25, 0.3) is 11.3 Å². The van der Waals surface area contributed by atoms with Gasteiger partial charge in [0.2, 0.25) is 5.91 Å². The van der Waals surface area contributed by atoms with Crippen LogP contribution >= 0.6 is 15.9 Å². The third-order valence-electron chi connectivity index (χ3n) is 5.14. The Hall–Kier alpha value is -3.39. The molecule has 1 heterocycles. The van der Waals surface area contributed by atoms with E-state index in [0.29, 0.717) is 11.3 Å². The van der Waals surface area contributed by atoms with Crippen LogP contribution < -0.4 is 5.32 Å². The zero-order chi connectivity index (χ0) is 23.2. The number of hydrogen-bond donors (Lipinski definition) is 3. The second-order valence-corrected chi connectivity index (χ2v) is 8.42. The Kier molecular flexibility index (Phi) is 7.24. The van der Waals surface area contributed by atoms with Gasteiger partial charge in [-0.1, -0.05) is 82.7 Å².